The summed E-state index contributed by atoms with van der Waals surface area (Å²) >= 11 is 12.2. The topological polar surface area (TPSA) is 113 Å². The van der Waals surface area contributed by atoms with Gasteiger partial charge in [-0.15, -0.1) is 0 Å². The van der Waals surface area contributed by atoms with Crippen LogP contribution >= 0.6 is 23.2 Å². The number of phenolic OH excluding ortho intramolecular Hbond substituents is 2. The predicted octanol–water partition coefficient (Wildman–Crippen LogP) is 4.53. The van der Waals surface area contributed by atoms with Gasteiger partial charge in [-0.05, 0) is 17.7 Å². The highest BCUT2D eigenvalue weighted by Gasteiger charge is 2.27. The van der Waals surface area contributed by atoms with Crippen molar-refractivity contribution in [3.63, 3.8) is 0 Å². The van der Waals surface area contributed by atoms with Crippen LogP contribution in [0.15, 0.2) is 34.9 Å². The highest BCUT2D eigenvalue weighted by atomic mass is 35.5. The fraction of sp³-hybridized carbons (Fsp3) is 0.211. The maximum Gasteiger partial charge on any atom is 0.269 e. The Morgan fingerprint density at radius 1 is 1.17 bits per heavy atom. The fourth-order valence-electron chi connectivity index (χ4n) is 3.38. The molecule has 0 spiro atoms. The lowest BCUT2D eigenvalue weighted by atomic mass is 10.0. The molecule has 150 valence electrons. The molecule has 0 unspecified atom stereocenters. The Labute approximate surface area is 175 Å². The van der Waals surface area contributed by atoms with E-state index < -0.39 is 4.92 Å². The molecular weight excluding hydrogens is 421 g/mol. The number of phenols is 2. The van der Waals surface area contributed by atoms with Crippen LogP contribution in [0.5, 0.6) is 11.5 Å². The van der Waals surface area contributed by atoms with E-state index in [4.69, 9.17) is 27.7 Å². The summed E-state index contributed by atoms with van der Waals surface area (Å²) < 4.78 is 5.46. The number of non-ortho nitro benzene ring substituents is 1. The van der Waals surface area contributed by atoms with E-state index in [0.717, 1.165) is 17.3 Å². The average molecular weight is 436 g/mol. The number of hydrogen-bond acceptors (Lipinski definition) is 7. The molecule has 2 N–H and O–H groups in total. The van der Waals surface area contributed by atoms with Crippen LogP contribution in [0, 0.1) is 10.1 Å². The number of aromatic hydroxyl groups is 2. The standard InChI is InChI=1S/C19H15Cl2N3O5/c20-14-2-1-11(24(27)28)5-10(14)8-23-4-3-16-13(9-23)19(29-22-16)12-6-15(21)18(26)7-17(12)25/h1-2,5-7,25-26H,3-4,8-9H2. The maximum atomic E-state index is 11.0. The molecule has 3 aromatic rings. The zero-order valence-electron chi connectivity index (χ0n) is 14.9. The lowest BCUT2D eigenvalue weighted by molar-refractivity contribution is -0.384. The minimum Gasteiger partial charge on any atom is -0.507 e. The number of nitro benzene ring substituents is 1. The minimum atomic E-state index is -0.455. The number of halogens is 2. The van der Waals surface area contributed by atoms with Crippen molar-refractivity contribution in [3.05, 3.63) is 67.3 Å². The minimum absolute atomic E-state index is 0.0172. The number of fused-ring (bicyclic) bond motifs is 1. The molecule has 0 saturated heterocycles. The van der Waals surface area contributed by atoms with Crippen molar-refractivity contribution in [3.8, 4) is 22.8 Å². The molecule has 8 nitrogen and oxygen atoms in total. The summed E-state index contributed by atoms with van der Waals surface area (Å²) in [4.78, 5) is 12.7. The van der Waals surface area contributed by atoms with Crippen LogP contribution in [-0.4, -0.2) is 31.7 Å². The van der Waals surface area contributed by atoms with Crippen molar-refractivity contribution < 1.29 is 19.7 Å². The molecule has 4 rings (SSSR count). The van der Waals surface area contributed by atoms with Crippen molar-refractivity contribution >= 4 is 28.9 Å². The second kappa shape index (κ2) is 7.55. The van der Waals surface area contributed by atoms with E-state index in [2.05, 4.69) is 10.1 Å². The van der Waals surface area contributed by atoms with Gasteiger partial charge in [0.05, 0.1) is 21.2 Å². The highest BCUT2D eigenvalue weighted by molar-refractivity contribution is 6.32. The van der Waals surface area contributed by atoms with E-state index in [1.165, 1.54) is 24.3 Å². The van der Waals surface area contributed by atoms with E-state index in [1.807, 2.05) is 0 Å². The summed E-state index contributed by atoms with van der Waals surface area (Å²) in [6.07, 6.45) is 0.609. The van der Waals surface area contributed by atoms with Crippen LogP contribution < -0.4 is 0 Å². The molecule has 2 aromatic carbocycles. The Hall–Kier alpha value is -2.81. The molecule has 0 radical (unpaired) electrons. The quantitative estimate of drug-likeness (QED) is 0.457. The SMILES string of the molecule is O=[N+]([O-])c1ccc(Cl)c(CN2CCc3noc(-c4cc(Cl)c(O)cc4O)c3C2)c1. The number of aromatic nitrogens is 1. The van der Waals surface area contributed by atoms with Gasteiger partial charge in [-0.3, -0.25) is 15.0 Å². The summed E-state index contributed by atoms with van der Waals surface area (Å²) in [5.74, 6) is -0.0396. The Balaban J connectivity index is 1.63. The van der Waals surface area contributed by atoms with Crippen molar-refractivity contribution in [1.29, 1.82) is 0 Å². The monoisotopic (exact) mass is 435 g/mol. The van der Waals surface area contributed by atoms with Gasteiger partial charge in [-0.25, -0.2) is 0 Å². The van der Waals surface area contributed by atoms with Gasteiger partial charge in [-0.1, -0.05) is 28.4 Å². The summed E-state index contributed by atoms with van der Waals surface area (Å²) in [5, 5.41) is 35.5. The van der Waals surface area contributed by atoms with Gasteiger partial charge in [0, 0.05) is 54.8 Å². The first-order chi connectivity index (χ1) is 13.8. The van der Waals surface area contributed by atoms with Crippen molar-refractivity contribution in [2.24, 2.45) is 0 Å². The van der Waals surface area contributed by atoms with Gasteiger partial charge >= 0.3 is 0 Å². The van der Waals surface area contributed by atoms with E-state index in [1.54, 1.807) is 0 Å². The van der Waals surface area contributed by atoms with Crippen molar-refractivity contribution in [1.82, 2.24) is 10.1 Å². The Morgan fingerprint density at radius 3 is 2.72 bits per heavy atom. The van der Waals surface area contributed by atoms with Gasteiger partial charge < -0.3 is 14.7 Å². The Bertz CT molecular complexity index is 1120. The molecule has 0 fully saturated rings. The molecule has 29 heavy (non-hydrogen) atoms. The van der Waals surface area contributed by atoms with Crippen molar-refractivity contribution in [2.75, 3.05) is 6.54 Å². The molecule has 1 aromatic heterocycles. The van der Waals surface area contributed by atoms with Gasteiger partial charge in [0.1, 0.15) is 11.5 Å². The van der Waals surface area contributed by atoms with Crippen LogP contribution in [0.2, 0.25) is 10.0 Å². The van der Waals surface area contributed by atoms with Crippen LogP contribution in [0.3, 0.4) is 0 Å². The third-order valence-corrected chi connectivity index (χ3v) is 5.53. The molecule has 0 saturated carbocycles. The van der Waals surface area contributed by atoms with Crippen LogP contribution in [-0.2, 0) is 19.5 Å². The number of nitro groups is 1. The van der Waals surface area contributed by atoms with Crippen LogP contribution in [0.25, 0.3) is 11.3 Å². The first kappa shape index (κ1) is 19.5. The summed E-state index contributed by atoms with van der Waals surface area (Å²) in [7, 11) is 0. The molecule has 0 bridgehead atoms. The normalized spacial score (nSPS) is 14.0. The molecule has 1 aliphatic rings. The molecule has 1 aliphatic heterocycles. The smallest absolute Gasteiger partial charge is 0.269 e. The van der Waals surface area contributed by atoms with Crippen LogP contribution in [0.4, 0.5) is 5.69 Å². The maximum absolute atomic E-state index is 11.0. The summed E-state index contributed by atoms with van der Waals surface area (Å²) in [6.45, 7) is 1.53. The number of hydrogen-bond donors (Lipinski definition) is 2. The molecule has 10 heteroatoms. The second-order valence-electron chi connectivity index (χ2n) is 6.75. The number of rotatable bonds is 4. The molecular formula is C19H15Cl2N3O5. The summed E-state index contributed by atoms with van der Waals surface area (Å²) in [6, 6.07) is 6.93. The number of benzene rings is 2. The lowest BCUT2D eigenvalue weighted by Crippen LogP contribution is -2.30. The summed E-state index contributed by atoms with van der Waals surface area (Å²) in [5.41, 5.74) is 2.52. The van der Waals surface area contributed by atoms with Gasteiger partial charge in [0.15, 0.2) is 5.76 Å². The zero-order chi connectivity index (χ0) is 20.7. The first-order valence-corrected chi connectivity index (χ1v) is 9.43. The average Bonchev–Trinajstić information content (AvgIpc) is 3.09. The highest BCUT2D eigenvalue weighted by Crippen LogP contribution is 2.40. The zero-order valence-corrected chi connectivity index (χ0v) is 16.4. The Kier molecular flexibility index (Phi) is 5.08. The first-order valence-electron chi connectivity index (χ1n) is 8.68. The molecule has 0 aliphatic carbocycles. The predicted molar refractivity (Wildman–Crippen MR) is 106 cm³/mol. The van der Waals surface area contributed by atoms with Gasteiger partial charge in [0.2, 0.25) is 0 Å². The van der Waals surface area contributed by atoms with E-state index in [0.29, 0.717) is 48.0 Å². The third-order valence-electron chi connectivity index (χ3n) is 4.86. The lowest BCUT2D eigenvalue weighted by Gasteiger charge is -2.26. The van der Waals surface area contributed by atoms with Gasteiger partial charge in [0.25, 0.3) is 5.69 Å². The number of nitrogens with zero attached hydrogens (tertiary/aromatic N) is 3. The molecule has 0 amide bonds. The Morgan fingerprint density at radius 2 is 1.97 bits per heavy atom. The largest absolute Gasteiger partial charge is 0.507 e. The van der Waals surface area contributed by atoms with Gasteiger partial charge in [-0.2, -0.15) is 0 Å². The van der Waals surface area contributed by atoms with Crippen molar-refractivity contribution in [2.45, 2.75) is 19.5 Å². The molecule has 0 atom stereocenters. The van der Waals surface area contributed by atoms with E-state index >= 15 is 0 Å². The third kappa shape index (κ3) is 3.74. The fourth-order valence-corrected chi connectivity index (χ4v) is 3.73. The van der Waals surface area contributed by atoms with E-state index in [-0.39, 0.29) is 22.2 Å². The van der Waals surface area contributed by atoms with E-state index in [9.17, 15) is 20.3 Å². The second-order valence-corrected chi connectivity index (χ2v) is 7.57. The van der Waals surface area contributed by atoms with Crippen LogP contribution in [0.1, 0.15) is 16.8 Å². The molecule has 2 heterocycles.